The lowest BCUT2D eigenvalue weighted by atomic mass is 9.53. The molecule has 4 aliphatic rings. The van der Waals surface area contributed by atoms with Crippen LogP contribution in [-0.2, 0) is 4.79 Å². The quantitative estimate of drug-likeness (QED) is 0.745. The normalized spacial score (nSPS) is 33.3. The van der Waals surface area contributed by atoms with Crippen LogP contribution in [0.15, 0.2) is 30.3 Å². The van der Waals surface area contributed by atoms with Crippen molar-refractivity contribution in [2.45, 2.75) is 70.0 Å². The van der Waals surface area contributed by atoms with Crippen LogP contribution in [0, 0.1) is 17.8 Å². The molecule has 3 amide bonds. The van der Waals surface area contributed by atoms with E-state index in [1.807, 2.05) is 30.4 Å². The van der Waals surface area contributed by atoms with E-state index in [9.17, 15) is 9.59 Å². The van der Waals surface area contributed by atoms with E-state index >= 15 is 0 Å². The third-order valence-electron chi connectivity index (χ3n) is 6.97. The van der Waals surface area contributed by atoms with Gasteiger partial charge >= 0.3 is 6.03 Å². The fourth-order valence-corrected chi connectivity index (χ4v) is 6.15. The molecule has 27 heavy (non-hydrogen) atoms. The zero-order valence-corrected chi connectivity index (χ0v) is 16.4. The number of urea groups is 1. The fraction of sp³-hybridized carbons (Fsp3) is 0.636. The van der Waals surface area contributed by atoms with Gasteiger partial charge in [-0.05, 0) is 70.1 Å². The number of benzene rings is 1. The van der Waals surface area contributed by atoms with Crippen molar-refractivity contribution >= 4 is 11.9 Å². The van der Waals surface area contributed by atoms with Crippen LogP contribution < -0.4 is 16.0 Å². The van der Waals surface area contributed by atoms with Gasteiger partial charge in [-0.15, -0.1) is 0 Å². The molecule has 2 atom stereocenters. The Kier molecular flexibility index (Phi) is 4.97. The average Bonchev–Trinajstić information content (AvgIpc) is 2.60. The first-order valence-electron chi connectivity index (χ1n) is 10.5. The predicted molar refractivity (Wildman–Crippen MR) is 104 cm³/mol. The van der Waals surface area contributed by atoms with Gasteiger partial charge in [0.25, 0.3) is 5.91 Å². The van der Waals surface area contributed by atoms with Crippen molar-refractivity contribution in [2.75, 3.05) is 0 Å². The zero-order valence-electron chi connectivity index (χ0n) is 16.4. The standard InChI is InChI=1S/C22H31N3O2/c1-14(19-6-4-3-5-7-19)23-15(2)20(26)24-21(27)25-22-11-16-8-17(12-22)10-18(9-16)13-22/h3-7,14-18,23H,8-13H2,1-2H3,(H2,24,25,26,27)/p+1/t14-,15-,16?,17?,18?,22?/m1/s1. The van der Waals surface area contributed by atoms with Crippen molar-refractivity contribution in [3.8, 4) is 0 Å². The number of hydrogen-bond donors (Lipinski definition) is 3. The summed E-state index contributed by atoms with van der Waals surface area (Å²) in [5, 5.41) is 7.80. The molecule has 0 heterocycles. The van der Waals surface area contributed by atoms with Gasteiger partial charge in [-0.3, -0.25) is 10.1 Å². The number of quaternary nitrogens is 1. The second-order valence-electron chi connectivity index (χ2n) is 9.32. The summed E-state index contributed by atoms with van der Waals surface area (Å²) < 4.78 is 0. The Morgan fingerprint density at radius 2 is 1.56 bits per heavy atom. The lowest BCUT2D eigenvalue weighted by Gasteiger charge is -2.56. The van der Waals surface area contributed by atoms with Crippen LogP contribution in [0.5, 0.6) is 0 Å². The maximum Gasteiger partial charge on any atom is 0.322 e. The van der Waals surface area contributed by atoms with Gasteiger partial charge in [0, 0.05) is 11.1 Å². The molecule has 0 spiro atoms. The molecule has 4 fully saturated rings. The van der Waals surface area contributed by atoms with E-state index in [0.717, 1.165) is 37.0 Å². The predicted octanol–water partition coefficient (Wildman–Crippen LogP) is 2.49. The van der Waals surface area contributed by atoms with Crippen LogP contribution in [0.25, 0.3) is 0 Å². The largest absolute Gasteiger partial charge is 0.332 e. The molecule has 1 aromatic carbocycles. The maximum atomic E-state index is 12.5. The Bertz CT molecular complexity index is 667. The van der Waals surface area contributed by atoms with Gasteiger partial charge in [-0.1, -0.05) is 30.3 Å². The number of carbonyl (C=O) groups is 2. The highest BCUT2D eigenvalue weighted by Crippen LogP contribution is 2.55. The van der Waals surface area contributed by atoms with E-state index in [1.165, 1.54) is 24.8 Å². The molecule has 4 bridgehead atoms. The average molecular weight is 371 g/mol. The topological polar surface area (TPSA) is 74.8 Å². The molecule has 5 rings (SSSR count). The molecular formula is C22H32N3O2+. The Balaban J connectivity index is 1.29. The lowest BCUT2D eigenvalue weighted by Crippen LogP contribution is -2.92. The number of rotatable bonds is 5. The molecule has 0 unspecified atom stereocenters. The molecule has 4 aliphatic carbocycles. The van der Waals surface area contributed by atoms with E-state index in [4.69, 9.17) is 0 Å². The van der Waals surface area contributed by atoms with E-state index in [0.29, 0.717) is 0 Å². The summed E-state index contributed by atoms with van der Waals surface area (Å²) in [6, 6.07) is 9.65. The first-order valence-corrected chi connectivity index (χ1v) is 10.5. The molecule has 4 N–H and O–H groups in total. The summed E-state index contributed by atoms with van der Waals surface area (Å²) in [7, 11) is 0. The summed E-state index contributed by atoms with van der Waals surface area (Å²) in [5.74, 6) is 2.09. The highest BCUT2D eigenvalue weighted by Gasteiger charge is 2.51. The van der Waals surface area contributed by atoms with E-state index in [1.54, 1.807) is 0 Å². The number of nitrogens with one attached hydrogen (secondary N) is 2. The van der Waals surface area contributed by atoms with Crippen LogP contribution in [0.2, 0.25) is 0 Å². The molecule has 0 radical (unpaired) electrons. The minimum Gasteiger partial charge on any atom is -0.332 e. The minimum absolute atomic E-state index is 0.0661. The second kappa shape index (κ2) is 7.27. The molecule has 4 saturated carbocycles. The van der Waals surface area contributed by atoms with E-state index in [-0.39, 0.29) is 29.6 Å². The minimum atomic E-state index is -0.317. The molecular weight excluding hydrogens is 338 g/mol. The van der Waals surface area contributed by atoms with Gasteiger partial charge in [0.05, 0.1) is 0 Å². The van der Waals surface area contributed by atoms with Gasteiger partial charge in [0.15, 0.2) is 6.04 Å². The van der Waals surface area contributed by atoms with Gasteiger partial charge in [0.2, 0.25) is 0 Å². The summed E-state index contributed by atoms with van der Waals surface area (Å²) in [4.78, 5) is 25.0. The molecule has 5 nitrogen and oxygen atoms in total. The van der Waals surface area contributed by atoms with Crippen LogP contribution >= 0.6 is 0 Å². The van der Waals surface area contributed by atoms with Crippen LogP contribution in [-0.4, -0.2) is 23.5 Å². The monoisotopic (exact) mass is 370 g/mol. The first-order chi connectivity index (χ1) is 12.9. The van der Waals surface area contributed by atoms with Gasteiger partial charge < -0.3 is 10.6 Å². The lowest BCUT2D eigenvalue weighted by molar-refractivity contribution is -0.710. The summed E-state index contributed by atoms with van der Waals surface area (Å²) in [6.45, 7) is 3.93. The smallest absolute Gasteiger partial charge is 0.322 e. The van der Waals surface area contributed by atoms with Gasteiger partial charge in [0.1, 0.15) is 6.04 Å². The fourth-order valence-electron chi connectivity index (χ4n) is 6.15. The van der Waals surface area contributed by atoms with Crippen molar-refractivity contribution in [2.24, 2.45) is 17.8 Å². The van der Waals surface area contributed by atoms with Crippen LogP contribution in [0.4, 0.5) is 4.79 Å². The summed E-state index contributed by atoms with van der Waals surface area (Å²) >= 11 is 0. The number of imide groups is 1. The summed E-state index contributed by atoms with van der Waals surface area (Å²) in [6.07, 6.45) is 7.29. The van der Waals surface area contributed by atoms with Crippen molar-refractivity contribution in [1.82, 2.24) is 10.6 Å². The van der Waals surface area contributed by atoms with Gasteiger partial charge in [-0.25, -0.2) is 4.79 Å². The molecule has 146 valence electrons. The van der Waals surface area contributed by atoms with E-state index < -0.39 is 0 Å². The maximum absolute atomic E-state index is 12.5. The van der Waals surface area contributed by atoms with Crippen molar-refractivity contribution < 1.29 is 14.9 Å². The molecule has 1 aromatic rings. The van der Waals surface area contributed by atoms with Crippen molar-refractivity contribution in [3.63, 3.8) is 0 Å². The Morgan fingerprint density at radius 3 is 2.11 bits per heavy atom. The molecule has 0 aliphatic heterocycles. The molecule has 0 aromatic heterocycles. The van der Waals surface area contributed by atoms with Crippen LogP contribution in [0.1, 0.15) is 64.0 Å². The Morgan fingerprint density at radius 1 is 1.00 bits per heavy atom. The van der Waals surface area contributed by atoms with E-state index in [2.05, 4.69) is 29.7 Å². The molecule has 5 heteroatoms. The zero-order chi connectivity index (χ0) is 19.0. The first kappa shape index (κ1) is 18.5. The highest BCUT2D eigenvalue weighted by molar-refractivity contribution is 5.96. The third-order valence-corrected chi connectivity index (χ3v) is 6.97. The van der Waals surface area contributed by atoms with Crippen LogP contribution in [0.3, 0.4) is 0 Å². The Labute approximate surface area is 161 Å². The van der Waals surface area contributed by atoms with Gasteiger partial charge in [-0.2, -0.15) is 0 Å². The third kappa shape index (κ3) is 4.03. The Hall–Kier alpha value is -1.88. The van der Waals surface area contributed by atoms with Crippen molar-refractivity contribution in [3.05, 3.63) is 35.9 Å². The highest BCUT2D eigenvalue weighted by atomic mass is 16.2. The number of carbonyl (C=O) groups excluding carboxylic acids is 2. The van der Waals surface area contributed by atoms with Crippen molar-refractivity contribution in [1.29, 1.82) is 0 Å². The molecule has 0 saturated heterocycles. The summed E-state index contributed by atoms with van der Waals surface area (Å²) in [5.41, 5.74) is 1.11. The number of hydrogen-bond acceptors (Lipinski definition) is 2. The number of nitrogens with two attached hydrogens (primary N) is 1. The second-order valence-corrected chi connectivity index (χ2v) is 9.32. The SMILES string of the molecule is C[C@@H]([NH2+][C@H](C)c1ccccc1)C(=O)NC(=O)NC12CC3CC(CC(C3)C1)C2. The number of amides is 3.